The summed E-state index contributed by atoms with van der Waals surface area (Å²) in [5.74, 6) is 0.446. The third-order valence-electron chi connectivity index (χ3n) is 2.14. The van der Waals surface area contributed by atoms with Gasteiger partial charge in [0.15, 0.2) is 0 Å². The Morgan fingerprint density at radius 3 is 2.78 bits per heavy atom. The molecular formula is C11H21N5O2. The maximum absolute atomic E-state index is 11.6. The van der Waals surface area contributed by atoms with Crippen molar-refractivity contribution in [3.05, 3.63) is 5.89 Å². The van der Waals surface area contributed by atoms with Crippen LogP contribution in [0.4, 0.5) is 6.01 Å². The minimum atomic E-state index is -0.0704. The lowest BCUT2D eigenvalue weighted by atomic mass is 10.4. The molecule has 0 fully saturated rings. The molecule has 7 nitrogen and oxygen atoms in total. The molecule has 0 saturated heterocycles. The summed E-state index contributed by atoms with van der Waals surface area (Å²) in [5.41, 5.74) is 0. The number of anilines is 1. The Labute approximate surface area is 107 Å². The predicted octanol–water partition coefficient (Wildman–Crippen LogP) is 0.140. The van der Waals surface area contributed by atoms with Gasteiger partial charge in [0.2, 0.25) is 11.8 Å². The highest BCUT2D eigenvalue weighted by molar-refractivity contribution is 5.80. The number of amides is 1. The van der Waals surface area contributed by atoms with E-state index in [0.717, 1.165) is 6.54 Å². The number of likely N-dealkylation sites (N-methyl/N-ethyl adjacent to an activating group) is 1. The second-order valence-corrected chi connectivity index (χ2v) is 4.34. The quantitative estimate of drug-likeness (QED) is 0.721. The zero-order valence-corrected chi connectivity index (χ0v) is 11.4. The average Bonchev–Trinajstić information content (AvgIpc) is 2.73. The van der Waals surface area contributed by atoms with Crippen LogP contribution >= 0.6 is 0 Å². The van der Waals surface area contributed by atoms with E-state index < -0.39 is 0 Å². The van der Waals surface area contributed by atoms with Gasteiger partial charge in [-0.05, 0) is 20.4 Å². The standard InChI is InChI=1S/C11H21N5O2/c1-5-12-6-10-14-15-11(18-10)16(4)7-9(17)13-8(2)3/h8,12H,5-7H2,1-4H3,(H,13,17). The first-order chi connectivity index (χ1) is 8.52. The van der Waals surface area contributed by atoms with E-state index in [-0.39, 0.29) is 18.5 Å². The van der Waals surface area contributed by atoms with Crippen molar-refractivity contribution in [1.29, 1.82) is 0 Å². The SMILES string of the molecule is CCNCc1nnc(N(C)CC(=O)NC(C)C)o1. The number of rotatable bonds is 7. The summed E-state index contributed by atoms with van der Waals surface area (Å²) in [7, 11) is 1.74. The molecule has 0 spiro atoms. The van der Waals surface area contributed by atoms with Gasteiger partial charge in [0.25, 0.3) is 0 Å². The fourth-order valence-electron chi connectivity index (χ4n) is 1.35. The summed E-state index contributed by atoms with van der Waals surface area (Å²) in [6.07, 6.45) is 0. The smallest absolute Gasteiger partial charge is 0.318 e. The summed E-state index contributed by atoms with van der Waals surface area (Å²) in [4.78, 5) is 13.2. The fourth-order valence-corrected chi connectivity index (χ4v) is 1.35. The molecule has 0 saturated carbocycles. The van der Waals surface area contributed by atoms with Gasteiger partial charge < -0.3 is 20.0 Å². The number of aromatic nitrogens is 2. The van der Waals surface area contributed by atoms with Gasteiger partial charge >= 0.3 is 6.01 Å². The highest BCUT2D eigenvalue weighted by atomic mass is 16.4. The van der Waals surface area contributed by atoms with Crippen LogP contribution in [0.3, 0.4) is 0 Å². The van der Waals surface area contributed by atoms with Gasteiger partial charge in [0.1, 0.15) is 6.54 Å². The van der Waals surface area contributed by atoms with Crippen molar-refractivity contribution in [2.45, 2.75) is 33.4 Å². The normalized spacial score (nSPS) is 10.7. The van der Waals surface area contributed by atoms with Crippen LogP contribution in [-0.2, 0) is 11.3 Å². The van der Waals surface area contributed by atoms with Crippen molar-refractivity contribution in [2.75, 3.05) is 25.0 Å². The number of nitrogens with one attached hydrogen (secondary N) is 2. The van der Waals surface area contributed by atoms with Gasteiger partial charge in [-0.2, -0.15) is 0 Å². The zero-order valence-electron chi connectivity index (χ0n) is 11.4. The minimum Gasteiger partial charge on any atom is -0.407 e. The van der Waals surface area contributed by atoms with Gasteiger partial charge in [-0.25, -0.2) is 0 Å². The van der Waals surface area contributed by atoms with Crippen molar-refractivity contribution in [1.82, 2.24) is 20.8 Å². The van der Waals surface area contributed by atoms with Crippen LogP contribution < -0.4 is 15.5 Å². The lowest BCUT2D eigenvalue weighted by molar-refractivity contribution is -0.120. The summed E-state index contributed by atoms with van der Waals surface area (Å²) < 4.78 is 5.41. The molecule has 0 radical (unpaired) electrons. The number of hydrogen-bond donors (Lipinski definition) is 2. The monoisotopic (exact) mass is 255 g/mol. The Morgan fingerprint density at radius 1 is 1.44 bits per heavy atom. The number of carbonyl (C=O) groups excluding carboxylic acids is 1. The van der Waals surface area contributed by atoms with Gasteiger partial charge in [-0.1, -0.05) is 12.0 Å². The summed E-state index contributed by atoms with van der Waals surface area (Å²) in [6, 6.07) is 0.472. The summed E-state index contributed by atoms with van der Waals surface area (Å²) >= 11 is 0. The maximum atomic E-state index is 11.6. The molecule has 0 unspecified atom stereocenters. The maximum Gasteiger partial charge on any atom is 0.318 e. The molecule has 1 aromatic heterocycles. The van der Waals surface area contributed by atoms with Crippen LogP contribution in [-0.4, -0.2) is 42.3 Å². The topological polar surface area (TPSA) is 83.3 Å². The molecular weight excluding hydrogens is 234 g/mol. The van der Waals surface area contributed by atoms with Crippen molar-refractivity contribution in [2.24, 2.45) is 0 Å². The molecule has 0 aliphatic rings. The third kappa shape index (κ3) is 4.70. The highest BCUT2D eigenvalue weighted by Gasteiger charge is 2.14. The molecule has 102 valence electrons. The van der Waals surface area contributed by atoms with Gasteiger partial charge in [0.05, 0.1) is 6.54 Å². The Hall–Kier alpha value is -1.63. The Bertz CT molecular complexity index is 377. The van der Waals surface area contributed by atoms with Crippen LogP contribution in [0.25, 0.3) is 0 Å². The number of carbonyl (C=O) groups is 1. The number of nitrogens with zero attached hydrogens (tertiary/aromatic N) is 3. The van der Waals surface area contributed by atoms with Gasteiger partial charge in [-0.15, -0.1) is 5.10 Å². The second kappa shape index (κ2) is 6.95. The van der Waals surface area contributed by atoms with E-state index in [1.54, 1.807) is 11.9 Å². The van der Waals surface area contributed by atoms with Gasteiger partial charge in [-0.3, -0.25) is 4.79 Å². The van der Waals surface area contributed by atoms with Crippen molar-refractivity contribution >= 4 is 11.9 Å². The number of hydrogen-bond acceptors (Lipinski definition) is 6. The predicted molar refractivity (Wildman–Crippen MR) is 68.2 cm³/mol. The van der Waals surface area contributed by atoms with E-state index in [2.05, 4.69) is 20.8 Å². The van der Waals surface area contributed by atoms with Crippen molar-refractivity contribution < 1.29 is 9.21 Å². The third-order valence-corrected chi connectivity index (χ3v) is 2.14. The largest absolute Gasteiger partial charge is 0.407 e. The molecule has 0 aromatic carbocycles. The van der Waals surface area contributed by atoms with Crippen molar-refractivity contribution in [3.8, 4) is 0 Å². The first kappa shape index (κ1) is 14.4. The summed E-state index contributed by atoms with van der Waals surface area (Å²) in [5, 5.41) is 13.7. The second-order valence-electron chi connectivity index (χ2n) is 4.34. The lowest BCUT2D eigenvalue weighted by Crippen LogP contribution is -2.38. The lowest BCUT2D eigenvalue weighted by Gasteiger charge is -2.14. The molecule has 1 rings (SSSR count). The summed E-state index contributed by atoms with van der Waals surface area (Å²) in [6.45, 7) is 7.40. The molecule has 0 aliphatic heterocycles. The molecule has 0 aliphatic carbocycles. The Kier molecular flexibility index (Phi) is 5.57. The Morgan fingerprint density at radius 2 is 2.17 bits per heavy atom. The molecule has 2 N–H and O–H groups in total. The fraction of sp³-hybridized carbons (Fsp3) is 0.727. The molecule has 1 amide bonds. The van der Waals surface area contributed by atoms with Crippen LogP contribution in [0.15, 0.2) is 4.42 Å². The van der Waals surface area contributed by atoms with Crippen LogP contribution in [0.2, 0.25) is 0 Å². The van der Waals surface area contributed by atoms with E-state index in [0.29, 0.717) is 18.5 Å². The first-order valence-electron chi connectivity index (χ1n) is 6.06. The molecule has 0 atom stereocenters. The van der Waals surface area contributed by atoms with Crippen molar-refractivity contribution in [3.63, 3.8) is 0 Å². The van der Waals surface area contributed by atoms with Crippen LogP contribution in [0.1, 0.15) is 26.7 Å². The van der Waals surface area contributed by atoms with Crippen LogP contribution in [0.5, 0.6) is 0 Å². The van der Waals surface area contributed by atoms with E-state index >= 15 is 0 Å². The van der Waals surface area contributed by atoms with Crippen LogP contribution in [0, 0.1) is 0 Å². The molecule has 0 bridgehead atoms. The van der Waals surface area contributed by atoms with E-state index in [9.17, 15) is 4.79 Å². The first-order valence-corrected chi connectivity index (χ1v) is 6.06. The average molecular weight is 255 g/mol. The highest BCUT2D eigenvalue weighted by Crippen LogP contribution is 2.09. The zero-order chi connectivity index (χ0) is 13.5. The van der Waals surface area contributed by atoms with E-state index in [1.165, 1.54) is 0 Å². The molecule has 18 heavy (non-hydrogen) atoms. The molecule has 1 heterocycles. The molecule has 7 heteroatoms. The Balaban J connectivity index is 2.48. The molecule has 1 aromatic rings. The van der Waals surface area contributed by atoms with E-state index in [4.69, 9.17) is 4.42 Å². The minimum absolute atomic E-state index is 0.0704. The van der Waals surface area contributed by atoms with E-state index in [1.807, 2.05) is 20.8 Å². The van der Waals surface area contributed by atoms with Gasteiger partial charge in [0, 0.05) is 13.1 Å².